The number of carbonyl (C=O) groups excluding carboxylic acids is 2. The maximum absolute atomic E-state index is 12.0. The van der Waals surface area contributed by atoms with Gasteiger partial charge in [0, 0.05) is 19.8 Å². The lowest BCUT2D eigenvalue weighted by atomic mass is 10.1. The Labute approximate surface area is 148 Å². The van der Waals surface area contributed by atoms with Crippen LogP contribution >= 0.6 is 0 Å². The smallest absolute Gasteiger partial charge is 0.262 e. The van der Waals surface area contributed by atoms with Crippen LogP contribution in [0.1, 0.15) is 16.7 Å². The molecule has 2 rings (SSSR count). The molecule has 25 heavy (non-hydrogen) atoms. The van der Waals surface area contributed by atoms with Gasteiger partial charge in [-0.1, -0.05) is 18.2 Å². The molecule has 0 saturated carbocycles. The van der Waals surface area contributed by atoms with Crippen molar-refractivity contribution in [2.45, 2.75) is 20.3 Å². The van der Waals surface area contributed by atoms with Gasteiger partial charge in [-0.15, -0.1) is 0 Å². The van der Waals surface area contributed by atoms with Crippen molar-refractivity contribution in [3.8, 4) is 5.75 Å². The van der Waals surface area contributed by atoms with Crippen molar-refractivity contribution in [1.82, 2.24) is 4.90 Å². The van der Waals surface area contributed by atoms with Gasteiger partial charge in [0.15, 0.2) is 6.61 Å². The quantitative estimate of drug-likeness (QED) is 0.879. The number of carbonyl (C=O) groups is 2. The van der Waals surface area contributed by atoms with E-state index in [1.54, 1.807) is 31.1 Å². The van der Waals surface area contributed by atoms with Crippen molar-refractivity contribution in [3.63, 3.8) is 0 Å². The Morgan fingerprint density at radius 1 is 1.00 bits per heavy atom. The topological polar surface area (TPSA) is 58.6 Å². The fourth-order valence-electron chi connectivity index (χ4n) is 2.40. The van der Waals surface area contributed by atoms with Crippen molar-refractivity contribution < 1.29 is 14.3 Å². The van der Waals surface area contributed by atoms with Crippen LogP contribution in [0, 0.1) is 13.8 Å². The summed E-state index contributed by atoms with van der Waals surface area (Å²) in [4.78, 5) is 25.2. The largest absolute Gasteiger partial charge is 0.484 e. The van der Waals surface area contributed by atoms with Crippen molar-refractivity contribution in [3.05, 3.63) is 59.2 Å². The summed E-state index contributed by atoms with van der Waals surface area (Å²) in [6.45, 7) is 3.93. The first-order chi connectivity index (χ1) is 11.8. The molecule has 1 N–H and O–H groups in total. The molecule has 0 heterocycles. The van der Waals surface area contributed by atoms with Gasteiger partial charge in [0.05, 0.1) is 6.42 Å². The summed E-state index contributed by atoms with van der Waals surface area (Å²) in [6, 6.07) is 13.1. The second-order valence-corrected chi connectivity index (χ2v) is 6.32. The molecule has 5 heteroatoms. The van der Waals surface area contributed by atoms with E-state index in [0.717, 1.165) is 16.7 Å². The van der Waals surface area contributed by atoms with E-state index in [0.29, 0.717) is 17.9 Å². The van der Waals surface area contributed by atoms with Crippen LogP contribution in [-0.2, 0) is 16.0 Å². The number of amides is 2. The van der Waals surface area contributed by atoms with Crippen molar-refractivity contribution >= 4 is 17.5 Å². The number of aryl methyl sites for hydroxylation is 2. The Morgan fingerprint density at radius 3 is 2.16 bits per heavy atom. The van der Waals surface area contributed by atoms with Crippen LogP contribution in [-0.4, -0.2) is 37.4 Å². The summed E-state index contributed by atoms with van der Waals surface area (Å²) in [5, 5.41) is 2.79. The van der Waals surface area contributed by atoms with Crippen molar-refractivity contribution in [2.75, 3.05) is 26.0 Å². The highest BCUT2D eigenvalue weighted by Gasteiger charge is 2.07. The predicted molar refractivity (Wildman–Crippen MR) is 98.9 cm³/mol. The molecule has 2 aromatic carbocycles. The summed E-state index contributed by atoms with van der Waals surface area (Å²) < 4.78 is 5.54. The number of nitrogens with zero attached hydrogens (tertiary/aromatic N) is 1. The van der Waals surface area contributed by atoms with E-state index in [-0.39, 0.29) is 18.4 Å². The van der Waals surface area contributed by atoms with E-state index in [2.05, 4.69) is 11.4 Å². The Balaban J connectivity index is 1.87. The minimum atomic E-state index is -0.226. The second kappa shape index (κ2) is 8.33. The lowest BCUT2D eigenvalue weighted by Gasteiger charge is -2.11. The molecular formula is C20H24N2O3. The molecule has 0 unspecified atom stereocenters. The van der Waals surface area contributed by atoms with Crippen LogP contribution in [0.2, 0.25) is 0 Å². The fourth-order valence-corrected chi connectivity index (χ4v) is 2.40. The molecule has 0 bridgehead atoms. The first-order valence-corrected chi connectivity index (χ1v) is 8.13. The average Bonchev–Trinajstić information content (AvgIpc) is 2.54. The van der Waals surface area contributed by atoms with Gasteiger partial charge in [-0.25, -0.2) is 0 Å². The fraction of sp³-hybridized carbons (Fsp3) is 0.300. The van der Waals surface area contributed by atoms with Crippen LogP contribution in [0.15, 0.2) is 42.5 Å². The molecule has 0 aliphatic heterocycles. The van der Waals surface area contributed by atoms with E-state index < -0.39 is 0 Å². The van der Waals surface area contributed by atoms with Gasteiger partial charge in [-0.05, 0) is 54.8 Å². The van der Waals surface area contributed by atoms with Gasteiger partial charge in [0.1, 0.15) is 5.75 Å². The SMILES string of the molecule is Cc1cc(C)cc(OCC(=O)Nc2ccc(CC(=O)N(C)C)cc2)c1. The van der Waals surface area contributed by atoms with Gasteiger partial charge in [-0.2, -0.15) is 0 Å². The molecule has 0 radical (unpaired) electrons. The van der Waals surface area contributed by atoms with Crippen molar-refractivity contribution in [2.24, 2.45) is 0 Å². The Hall–Kier alpha value is -2.82. The number of hydrogen-bond acceptors (Lipinski definition) is 3. The molecule has 2 aromatic rings. The standard InChI is InChI=1S/C20H24N2O3/c1-14-9-15(2)11-18(10-14)25-13-19(23)21-17-7-5-16(6-8-17)12-20(24)22(3)4/h5-11H,12-13H2,1-4H3,(H,21,23). The second-order valence-electron chi connectivity index (χ2n) is 6.32. The average molecular weight is 340 g/mol. The number of hydrogen-bond donors (Lipinski definition) is 1. The number of anilines is 1. The Bertz CT molecular complexity index is 732. The number of rotatable bonds is 6. The summed E-state index contributed by atoms with van der Waals surface area (Å²) in [5.41, 5.74) is 3.77. The van der Waals surface area contributed by atoms with Crippen LogP contribution in [0.4, 0.5) is 5.69 Å². The first-order valence-electron chi connectivity index (χ1n) is 8.13. The highest BCUT2D eigenvalue weighted by atomic mass is 16.5. The minimum Gasteiger partial charge on any atom is -0.484 e. The zero-order valence-electron chi connectivity index (χ0n) is 15.1. The normalized spacial score (nSPS) is 10.2. The van der Waals surface area contributed by atoms with Gasteiger partial charge in [0.2, 0.25) is 5.91 Å². The third kappa shape index (κ3) is 5.95. The van der Waals surface area contributed by atoms with Gasteiger partial charge in [0.25, 0.3) is 5.91 Å². The van der Waals surface area contributed by atoms with E-state index in [4.69, 9.17) is 4.74 Å². The molecule has 2 amide bonds. The Kier molecular flexibility index (Phi) is 6.17. The van der Waals surface area contributed by atoms with Gasteiger partial charge in [-0.3, -0.25) is 9.59 Å². The monoisotopic (exact) mass is 340 g/mol. The van der Waals surface area contributed by atoms with E-state index >= 15 is 0 Å². The molecule has 0 fully saturated rings. The molecular weight excluding hydrogens is 316 g/mol. The maximum atomic E-state index is 12.0. The lowest BCUT2D eigenvalue weighted by molar-refractivity contribution is -0.128. The van der Waals surface area contributed by atoms with E-state index in [1.165, 1.54) is 0 Å². The molecule has 0 atom stereocenters. The highest BCUT2D eigenvalue weighted by molar-refractivity contribution is 5.92. The number of nitrogens with one attached hydrogen (secondary N) is 1. The summed E-state index contributed by atoms with van der Waals surface area (Å²) in [5.74, 6) is 0.500. The first kappa shape index (κ1) is 18.5. The van der Waals surface area contributed by atoms with Gasteiger partial charge < -0.3 is 15.0 Å². The number of likely N-dealkylation sites (N-methyl/N-ethyl adjacent to an activating group) is 1. The summed E-state index contributed by atoms with van der Waals surface area (Å²) in [7, 11) is 3.46. The Morgan fingerprint density at radius 2 is 1.60 bits per heavy atom. The third-order valence-corrected chi connectivity index (χ3v) is 3.66. The highest BCUT2D eigenvalue weighted by Crippen LogP contribution is 2.16. The van der Waals surface area contributed by atoms with Crippen molar-refractivity contribution in [1.29, 1.82) is 0 Å². The minimum absolute atomic E-state index is 0.0404. The molecule has 0 aliphatic rings. The predicted octanol–water partition coefficient (Wildman–Crippen LogP) is 2.95. The van der Waals surface area contributed by atoms with Crippen LogP contribution < -0.4 is 10.1 Å². The van der Waals surface area contributed by atoms with Crippen LogP contribution in [0.5, 0.6) is 5.75 Å². The zero-order valence-corrected chi connectivity index (χ0v) is 15.1. The number of benzene rings is 2. The van der Waals surface area contributed by atoms with Gasteiger partial charge >= 0.3 is 0 Å². The molecule has 0 aliphatic carbocycles. The molecule has 0 aromatic heterocycles. The van der Waals surface area contributed by atoms with E-state index in [1.807, 2.05) is 38.1 Å². The zero-order chi connectivity index (χ0) is 18.4. The molecule has 0 spiro atoms. The van der Waals surface area contributed by atoms with Crippen LogP contribution in [0.25, 0.3) is 0 Å². The lowest BCUT2D eigenvalue weighted by Crippen LogP contribution is -2.23. The maximum Gasteiger partial charge on any atom is 0.262 e. The van der Waals surface area contributed by atoms with E-state index in [9.17, 15) is 9.59 Å². The summed E-state index contributed by atoms with van der Waals surface area (Å²) in [6.07, 6.45) is 0.344. The third-order valence-electron chi connectivity index (χ3n) is 3.66. The molecule has 5 nitrogen and oxygen atoms in total. The van der Waals surface area contributed by atoms with Crippen LogP contribution in [0.3, 0.4) is 0 Å². The molecule has 0 saturated heterocycles. The number of ether oxygens (including phenoxy) is 1. The summed E-state index contributed by atoms with van der Waals surface area (Å²) >= 11 is 0. The molecule has 132 valence electrons.